The van der Waals surface area contributed by atoms with Gasteiger partial charge in [-0.1, -0.05) is 103 Å². The Morgan fingerprint density at radius 3 is 2.03 bits per heavy atom. The number of ether oxygens (including phenoxy) is 2. The first-order chi connectivity index (χ1) is 16.7. The third-order valence-electron chi connectivity index (χ3n) is 6.07. The molecule has 1 heterocycles. The van der Waals surface area contributed by atoms with Gasteiger partial charge in [0.15, 0.2) is 0 Å². The fourth-order valence-corrected chi connectivity index (χ4v) is 4.40. The van der Waals surface area contributed by atoms with Gasteiger partial charge in [-0.15, -0.1) is 0 Å². The van der Waals surface area contributed by atoms with Gasteiger partial charge >= 0.3 is 5.97 Å². The third kappa shape index (κ3) is 5.61. The van der Waals surface area contributed by atoms with Gasteiger partial charge in [-0.25, -0.2) is 4.79 Å². The van der Waals surface area contributed by atoms with Crippen LogP contribution in [0, 0.1) is 0 Å². The predicted molar refractivity (Wildman–Crippen MR) is 132 cm³/mol. The van der Waals surface area contributed by atoms with Crippen LogP contribution >= 0.6 is 0 Å². The molecule has 34 heavy (non-hydrogen) atoms. The number of hydrogen-bond donors (Lipinski definition) is 0. The first kappa shape index (κ1) is 23.5. The van der Waals surface area contributed by atoms with Gasteiger partial charge in [0.1, 0.15) is 6.04 Å². The molecule has 0 N–H and O–H groups in total. The van der Waals surface area contributed by atoms with Crippen LogP contribution < -0.4 is 0 Å². The minimum Gasteiger partial charge on any atom is -0.467 e. The van der Waals surface area contributed by atoms with E-state index >= 15 is 0 Å². The maximum Gasteiger partial charge on any atom is 0.328 e. The van der Waals surface area contributed by atoms with Gasteiger partial charge in [0.25, 0.3) is 0 Å². The number of esters is 1. The predicted octanol–water partition coefficient (Wildman–Crippen LogP) is 4.69. The lowest BCUT2D eigenvalue weighted by Crippen LogP contribution is -2.43. The third-order valence-corrected chi connectivity index (χ3v) is 6.07. The summed E-state index contributed by atoms with van der Waals surface area (Å²) in [5.74, 6) is -1.05. The molecule has 1 fully saturated rings. The lowest BCUT2D eigenvalue weighted by atomic mass is 9.90. The molecule has 5 heteroatoms. The standard InChI is InChI=1S/C29H29NO4/c1-33-29(32)26-20-25(34-19-11-14-22-12-5-2-6-13-22)21-30(26)28(31)27(23-15-7-3-8-16-23)24-17-9-4-10-18-24/h2-18,25-27H,19-21H2,1H3/t25-,26+/m1/s1. The van der Waals surface area contributed by atoms with E-state index in [0.29, 0.717) is 19.6 Å². The lowest BCUT2D eigenvalue weighted by molar-refractivity contribution is -0.151. The van der Waals surface area contributed by atoms with Crippen LogP contribution in [-0.4, -0.2) is 49.2 Å². The van der Waals surface area contributed by atoms with E-state index in [0.717, 1.165) is 16.7 Å². The molecule has 2 atom stereocenters. The molecule has 1 aliphatic heterocycles. The van der Waals surface area contributed by atoms with Crippen LogP contribution in [0.3, 0.4) is 0 Å². The number of nitrogens with zero attached hydrogens (tertiary/aromatic N) is 1. The van der Waals surface area contributed by atoms with Crippen molar-refractivity contribution in [3.8, 4) is 0 Å². The highest BCUT2D eigenvalue weighted by Crippen LogP contribution is 2.31. The van der Waals surface area contributed by atoms with Crippen LogP contribution in [0.25, 0.3) is 6.08 Å². The summed E-state index contributed by atoms with van der Waals surface area (Å²) in [6, 6.07) is 28.6. The van der Waals surface area contributed by atoms with Crippen molar-refractivity contribution in [3.63, 3.8) is 0 Å². The van der Waals surface area contributed by atoms with Crippen molar-refractivity contribution in [2.75, 3.05) is 20.3 Å². The second kappa shape index (κ2) is 11.4. The fourth-order valence-electron chi connectivity index (χ4n) is 4.40. The highest BCUT2D eigenvalue weighted by atomic mass is 16.5. The summed E-state index contributed by atoms with van der Waals surface area (Å²) in [5.41, 5.74) is 2.87. The van der Waals surface area contributed by atoms with Crippen molar-refractivity contribution in [3.05, 3.63) is 114 Å². The number of carbonyl (C=O) groups is 2. The number of methoxy groups -OCH3 is 1. The van der Waals surface area contributed by atoms with Gasteiger partial charge in [0, 0.05) is 13.0 Å². The summed E-state index contributed by atoms with van der Waals surface area (Å²) in [4.78, 5) is 28.1. The summed E-state index contributed by atoms with van der Waals surface area (Å²) in [5, 5.41) is 0. The zero-order chi connectivity index (χ0) is 23.8. The van der Waals surface area contributed by atoms with Gasteiger partial charge in [0.05, 0.1) is 25.7 Å². The van der Waals surface area contributed by atoms with Crippen molar-refractivity contribution in [2.24, 2.45) is 0 Å². The first-order valence-electron chi connectivity index (χ1n) is 11.5. The fraction of sp³-hybridized carbons (Fsp3) is 0.241. The second-order valence-corrected chi connectivity index (χ2v) is 8.29. The van der Waals surface area contributed by atoms with E-state index in [4.69, 9.17) is 9.47 Å². The zero-order valence-corrected chi connectivity index (χ0v) is 19.2. The Hall–Kier alpha value is -3.70. The van der Waals surface area contributed by atoms with Crippen molar-refractivity contribution in [2.45, 2.75) is 24.5 Å². The number of rotatable bonds is 8. The Morgan fingerprint density at radius 2 is 1.47 bits per heavy atom. The SMILES string of the molecule is COC(=O)[C@@H]1C[C@@H](OCC=Cc2ccccc2)CN1C(=O)C(c1ccccc1)c1ccccc1. The van der Waals surface area contributed by atoms with Gasteiger partial charge in [0.2, 0.25) is 5.91 Å². The van der Waals surface area contributed by atoms with Crippen LogP contribution in [0.2, 0.25) is 0 Å². The van der Waals surface area contributed by atoms with Gasteiger partial charge in [-0.2, -0.15) is 0 Å². The Kier molecular flexibility index (Phi) is 7.89. The maximum atomic E-state index is 13.9. The topological polar surface area (TPSA) is 55.8 Å². The highest BCUT2D eigenvalue weighted by Gasteiger charge is 2.43. The summed E-state index contributed by atoms with van der Waals surface area (Å²) >= 11 is 0. The molecular weight excluding hydrogens is 426 g/mol. The summed E-state index contributed by atoms with van der Waals surface area (Å²) in [6.45, 7) is 0.740. The smallest absolute Gasteiger partial charge is 0.328 e. The molecule has 0 aliphatic carbocycles. The van der Waals surface area contributed by atoms with E-state index in [-0.39, 0.29) is 12.0 Å². The Morgan fingerprint density at radius 1 is 0.912 bits per heavy atom. The van der Waals surface area contributed by atoms with E-state index in [2.05, 4.69) is 0 Å². The van der Waals surface area contributed by atoms with Gasteiger partial charge < -0.3 is 14.4 Å². The minimum atomic E-state index is -0.671. The number of likely N-dealkylation sites (tertiary alicyclic amines) is 1. The molecular formula is C29H29NO4. The molecule has 1 saturated heterocycles. The zero-order valence-electron chi connectivity index (χ0n) is 19.2. The van der Waals surface area contributed by atoms with E-state index < -0.39 is 17.9 Å². The molecule has 5 nitrogen and oxygen atoms in total. The molecule has 4 rings (SSSR count). The summed E-state index contributed by atoms with van der Waals surface area (Å²) in [6.07, 6.45) is 4.11. The van der Waals surface area contributed by atoms with Crippen molar-refractivity contribution >= 4 is 18.0 Å². The molecule has 3 aromatic rings. The maximum absolute atomic E-state index is 13.9. The number of amides is 1. The Labute approximate surface area is 200 Å². The molecule has 3 aromatic carbocycles. The average Bonchev–Trinajstić information content (AvgIpc) is 3.32. The van der Waals surface area contributed by atoms with E-state index in [1.54, 1.807) is 4.90 Å². The number of hydrogen-bond acceptors (Lipinski definition) is 4. The van der Waals surface area contributed by atoms with Crippen molar-refractivity contribution in [1.29, 1.82) is 0 Å². The summed E-state index contributed by atoms with van der Waals surface area (Å²) < 4.78 is 11.1. The molecule has 1 aliphatic rings. The van der Waals surface area contributed by atoms with Crippen molar-refractivity contribution < 1.29 is 19.1 Å². The average molecular weight is 456 g/mol. The van der Waals surface area contributed by atoms with Crippen LogP contribution in [0.15, 0.2) is 97.1 Å². The van der Waals surface area contributed by atoms with Crippen molar-refractivity contribution in [1.82, 2.24) is 4.90 Å². The Bertz CT molecular complexity index is 1060. The van der Waals surface area contributed by atoms with E-state index in [1.807, 2.05) is 103 Å². The minimum absolute atomic E-state index is 0.126. The van der Waals surface area contributed by atoms with E-state index in [9.17, 15) is 9.59 Å². The van der Waals surface area contributed by atoms with Crippen LogP contribution in [-0.2, 0) is 19.1 Å². The molecule has 0 aromatic heterocycles. The quantitative estimate of drug-likeness (QED) is 0.463. The van der Waals surface area contributed by atoms with E-state index in [1.165, 1.54) is 7.11 Å². The molecule has 0 spiro atoms. The summed E-state index contributed by atoms with van der Waals surface area (Å²) in [7, 11) is 1.35. The molecule has 174 valence electrons. The highest BCUT2D eigenvalue weighted by molar-refractivity contribution is 5.91. The Balaban J connectivity index is 1.52. The van der Waals surface area contributed by atoms with Gasteiger partial charge in [-0.05, 0) is 16.7 Å². The first-order valence-corrected chi connectivity index (χ1v) is 11.5. The number of benzene rings is 3. The largest absolute Gasteiger partial charge is 0.467 e. The molecule has 1 amide bonds. The molecule has 0 saturated carbocycles. The van der Waals surface area contributed by atoms with Crippen LogP contribution in [0.1, 0.15) is 29.0 Å². The second-order valence-electron chi connectivity index (χ2n) is 8.29. The molecule has 0 unspecified atom stereocenters. The lowest BCUT2D eigenvalue weighted by Gasteiger charge is -2.28. The monoisotopic (exact) mass is 455 g/mol. The van der Waals surface area contributed by atoms with Crippen LogP contribution in [0.4, 0.5) is 0 Å². The normalized spacial score (nSPS) is 17.9. The van der Waals surface area contributed by atoms with Gasteiger partial charge in [-0.3, -0.25) is 4.79 Å². The number of carbonyl (C=O) groups excluding carboxylic acids is 2. The molecule has 0 radical (unpaired) electrons. The molecule has 0 bridgehead atoms. The van der Waals surface area contributed by atoms with Crippen LogP contribution in [0.5, 0.6) is 0 Å².